The van der Waals surface area contributed by atoms with Gasteiger partial charge in [-0.25, -0.2) is 4.79 Å². The molecule has 0 saturated carbocycles. The largest absolute Gasteiger partial charge is 0.497 e. The Morgan fingerprint density at radius 3 is 2.50 bits per heavy atom. The lowest BCUT2D eigenvalue weighted by atomic mass is 9.64. The second kappa shape index (κ2) is 10.4. The maximum atomic E-state index is 11.6. The fraction of sp³-hybridized carbons (Fsp3) is 0.615. The first kappa shape index (κ1) is 26.8. The first-order valence-electron chi connectivity index (χ1n) is 11.9. The molecule has 1 aliphatic heterocycles. The van der Waals surface area contributed by atoms with E-state index in [1.807, 2.05) is 18.2 Å². The Morgan fingerprint density at radius 1 is 1.24 bits per heavy atom. The van der Waals surface area contributed by atoms with Gasteiger partial charge in [0.05, 0.1) is 23.3 Å². The molecule has 2 aromatic rings. The smallest absolute Gasteiger partial charge is 0.407 e. The Labute approximate surface area is 210 Å². The van der Waals surface area contributed by atoms with Crippen molar-refractivity contribution < 1.29 is 19.1 Å². The molecular formula is C26H37ClN2O4Si. The number of benzene rings is 1. The van der Waals surface area contributed by atoms with Crippen LogP contribution in [0, 0.1) is 5.41 Å². The van der Waals surface area contributed by atoms with Crippen LogP contribution in [-0.2, 0) is 10.8 Å². The maximum absolute atomic E-state index is 11.6. The minimum Gasteiger partial charge on any atom is -0.497 e. The Bertz CT molecular complexity index is 1010. The highest BCUT2D eigenvalue weighted by atomic mass is 35.5. The number of fused-ring (bicyclic) bond motifs is 1. The molecule has 0 atom stereocenters. The highest BCUT2D eigenvalue weighted by molar-refractivity contribution is 6.32. The zero-order valence-corrected chi connectivity index (χ0v) is 23.0. The summed E-state index contributed by atoms with van der Waals surface area (Å²) in [6, 6.07) is 5.87. The molecule has 0 spiro atoms. The molecule has 6 nitrogen and oxygen atoms in total. The summed E-state index contributed by atoms with van der Waals surface area (Å²) in [6.07, 6.45) is 5.14. The number of aromatic nitrogens is 1. The monoisotopic (exact) mass is 504 g/mol. The molecule has 34 heavy (non-hydrogen) atoms. The van der Waals surface area contributed by atoms with Gasteiger partial charge in [0.25, 0.3) is 0 Å². The van der Waals surface area contributed by atoms with Gasteiger partial charge in [-0.15, -0.1) is 0 Å². The van der Waals surface area contributed by atoms with Gasteiger partial charge in [0.15, 0.2) is 0 Å². The van der Waals surface area contributed by atoms with Crippen LogP contribution in [0.5, 0.6) is 5.75 Å². The van der Waals surface area contributed by atoms with Crippen molar-refractivity contribution in [3.8, 4) is 5.75 Å². The molecule has 186 valence electrons. The quantitative estimate of drug-likeness (QED) is 0.409. The van der Waals surface area contributed by atoms with Crippen molar-refractivity contribution in [1.82, 2.24) is 9.88 Å². The molecule has 2 radical (unpaired) electrons. The van der Waals surface area contributed by atoms with Gasteiger partial charge in [0.1, 0.15) is 5.75 Å². The van der Waals surface area contributed by atoms with Gasteiger partial charge in [-0.3, -0.25) is 4.98 Å². The first-order chi connectivity index (χ1) is 15.9. The van der Waals surface area contributed by atoms with Gasteiger partial charge in [0, 0.05) is 30.1 Å². The molecule has 2 heterocycles. The molecule has 1 aliphatic rings. The number of hydrogen-bond donors (Lipinski definition) is 1. The zero-order valence-electron chi connectivity index (χ0n) is 21.2. The van der Waals surface area contributed by atoms with Crippen LogP contribution in [0.4, 0.5) is 4.79 Å². The summed E-state index contributed by atoms with van der Waals surface area (Å²) in [5.74, 6) is 0.785. The predicted octanol–water partition coefficient (Wildman–Crippen LogP) is 6.61. The standard InChI is InChI=1S/C26H37ClN2O4Si/c1-24(2,3)34-33-25(4,5)26(12-14-29(15-13-26)23(30)31)11-7-8-19-20-16-18(32-6)9-10-22(20)28-17-21(19)27/h9-10,16-17H,7-8,11-15H2,1-6H3,(H,30,31). The number of amides is 1. The van der Waals surface area contributed by atoms with Gasteiger partial charge >= 0.3 is 6.09 Å². The number of carboxylic acid groups (broad SMARTS) is 1. The normalized spacial score (nSPS) is 16.6. The Kier molecular flexibility index (Phi) is 8.20. The third kappa shape index (κ3) is 6.04. The number of hydrogen-bond acceptors (Lipinski definition) is 4. The first-order valence-corrected chi connectivity index (χ1v) is 13.2. The predicted molar refractivity (Wildman–Crippen MR) is 138 cm³/mol. The number of pyridine rings is 1. The van der Waals surface area contributed by atoms with E-state index in [0.29, 0.717) is 27.9 Å². The van der Waals surface area contributed by atoms with E-state index in [1.165, 1.54) is 4.90 Å². The van der Waals surface area contributed by atoms with E-state index < -0.39 is 6.09 Å². The third-order valence-corrected chi connectivity index (χ3v) is 8.65. The number of ether oxygens (including phenoxy) is 1. The molecule has 8 heteroatoms. The second-order valence-corrected chi connectivity index (χ2v) is 13.2. The molecule has 0 bridgehead atoms. The molecule has 1 saturated heterocycles. The summed E-state index contributed by atoms with van der Waals surface area (Å²) < 4.78 is 12.0. The van der Waals surface area contributed by atoms with Crippen LogP contribution in [0.15, 0.2) is 24.4 Å². The molecule has 1 amide bonds. The van der Waals surface area contributed by atoms with E-state index in [9.17, 15) is 9.90 Å². The van der Waals surface area contributed by atoms with Gasteiger partial charge < -0.3 is 19.2 Å². The fourth-order valence-electron chi connectivity index (χ4n) is 4.85. The number of aryl methyl sites for hydroxylation is 1. The topological polar surface area (TPSA) is 71.9 Å². The van der Waals surface area contributed by atoms with E-state index in [1.54, 1.807) is 13.3 Å². The number of nitrogens with zero attached hydrogens (tertiary/aromatic N) is 2. The van der Waals surface area contributed by atoms with E-state index in [-0.39, 0.29) is 16.1 Å². The van der Waals surface area contributed by atoms with E-state index >= 15 is 0 Å². The van der Waals surface area contributed by atoms with Crippen molar-refractivity contribution in [1.29, 1.82) is 0 Å². The van der Waals surface area contributed by atoms with E-state index in [4.69, 9.17) is 20.8 Å². The molecular weight excluding hydrogens is 468 g/mol. The summed E-state index contributed by atoms with van der Waals surface area (Å²) in [6.45, 7) is 12.0. The fourth-order valence-corrected chi connectivity index (χ4v) is 5.88. The molecule has 0 unspecified atom stereocenters. The number of likely N-dealkylation sites (tertiary alicyclic amines) is 1. The number of halogens is 1. The van der Waals surface area contributed by atoms with Crippen molar-refractivity contribution in [3.05, 3.63) is 35.0 Å². The average molecular weight is 505 g/mol. The van der Waals surface area contributed by atoms with Crippen LogP contribution in [0.3, 0.4) is 0 Å². The second-order valence-electron chi connectivity index (χ2n) is 10.8. The van der Waals surface area contributed by atoms with Crippen molar-refractivity contribution in [2.45, 2.75) is 77.4 Å². The zero-order chi connectivity index (χ0) is 25.1. The number of carbonyl (C=O) groups is 1. The average Bonchev–Trinajstić information content (AvgIpc) is 2.78. The Hall–Kier alpha value is -1.83. The number of piperidine rings is 1. The number of methoxy groups -OCH3 is 1. The summed E-state index contributed by atoms with van der Waals surface area (Å²) >= 11 is 6.60. The summed E-state index contributed by atoms with van der Waals surface area (Å²) in [5, 5.41) is 11.3. The summed E-state index contributed by atoms with van der Waals surface area (Å²) in [4.78, 5) is 17.6. The van der Waals surface area contributed by atoms with E-state index in [2.05, 4.69) is 39.6 Å². The molecule has 1 aromatic heterocycles. The molecule has 3 rings (SSSR count). The van der Waals surface area contributed by atoms with Crippen molar-refractivity contribution in [2.75, 3.05) is 20.2 Å². The summed E-state index contributed by atoms with van der Waals surface area (Å²) in [5.41, 5.74) is 1.51. The maximum Gasteiger partial charge on any atom is 0.407 e. The van der Waals surface area contributed by atoms with Crippen LogP contribution in [0.2, 0.25) is 10.1 Å². The van der Waals surface area contributed by atoms with Gasteiger partial charge in [0.2, 0.25) is 9.76 Å². The molecule has 1 N–H and O–H groups in total. The van der Waals surface area contributed by atoms with Crippen molar-refractivity contribution >= 4 is 38.4 Å². The van der Waals surface area contributed by atoms with Gasteiger partial charge in [-0.05, 0) is 74.8 Å². The lowest BCUT2D eigenvalue weighted by molar-refractivity contribution is -0.0744. The minimum atomic E-state index is -0.840. The Morgan fingerprint density at radius 2 is 1.91 bits per heavy atom. The molecule has 1 aromatic carbocycles. The van der Waals surface area contributed by atoms with Gasteiger partial charge in [-0.2, -0.15) is 0 Å². The highest BCUT2D eigenvalue weighted by Crippen LogP contribution is 2.48. The lowest BCUT2D eigenvalue weighted by Gasteiger charge is -2.51. The SMILES string of the molecule is COc1ccc2ncc(Cl)c(CCCC3(C(C)(C)O[Si]C(C)(C)C)CCN(C(=O)O)CC3)c2c1. The van der Waals surface area contributed by atoms with Crippen LogP contribution >= 0.6 is 11.6 Å². The van der Waals surface area contributed by atoms with E-state index in [0.717, 1.165) is 54.3 Å². The van der Waals surface area contributed by atoms with Crippen LogP contribution in [0.25, 0.3) is 10.9 Å². The summed E-state index contributed by atoms with van der Waals surface area (Å²) in [7, 11) is 2.03. The van der Waals surface area contributed by atoms with Crippen molar-refractivity contribution in [2.24, 2.45) is 5.41 Å². The van der Waals surface area contributed by atoms with Crippen LogP contribution < -0.4 is 4.74 Å². The minimum absolute atomic E-state index is 0.0861. The number of rotatable bonds is 8. The lowest BCUT2D eigenvalue weighted by Crippen LogP contribution is -2.54. The van der Waals surface area contributed by atoms with Crippen LogP contribution in [0.1, 0.15) is 65.9 Å². The highest BCUT2D eigenvalue weighted by Gasteiger charge is 2.48. The van der Waals surface area contributed by atoms with Gasteiger partial charge in [-0.1, -0.05) is 32.4 Å². The third-order valence-electron chi connectivity index (χ3n) is 7.10. The van der Waals surface area contributed by atoms with Crippen LogP contribution in [-0.4, -0.2) is 56.6 Å². The Balaban J connectivity index is 1.83. The molecule has 1 fully saturated rings. The van der Waals surface area contributed by atoms with Crippen molar-refractivity contribution in [3.63, 3.8) is 0 Å². The molecule has 0 aliphatic carbocycles.